The molecule has 0 unspecified atom stereocenters. The van der Waals surface area contributed by atoms with E-state index < -0.39 is 5.97 Å². The van der Waals surface area contributed by atoms with E-state index in [2.05, 4.69) is 4.98 Å². The van der Waals surface area contributed by atoms with Crippen LogP contribution in [0.15, 0.2) is 42.7 Å². The lowest BCUT2D eigenvalue weighted by Crippen LogP contribution is -1.95. The van der Waals surface area contributed by atoms with Gasteiger partial charge in [0.2, 0.25) is 0 Å². The summed E-state index contributed by atoms with van der Waals surface area (Å²) in [6, 6.07) is 9.43. The van der Waals surface area contributed by atoms with Crippen molar-refractivity contribution in [2.24, 2.45) is 0 Å². The number of aromatic nitrogens is 1. The van der Waals surface area contributed by atoms with Gasteiger partial charge in [-0.3, -0.25) is 0 Å². The first-order valence-corrected chi connectivity index (χ1v) is 4.24. The van der Waals surface area contributed by atoms with E-state index in [1.807, 2.05) is 30.3 Å². The Hall–Kier alpha value is -2.03. The van der Waals surface area contributed by atoms with E-state index in [4.69, 9.17) is 5.11 Å². The summed E-state index contributed by atoms with van der Waals surface area (Å²) < 4.78 is 0. The van der Waals surface area contributed by atoms with E-state index in [-0.39, 0.29) is 0 Å². The molecule has 0 aliphatic heterocycles. The molecule has 2 rings (SSSR count). The summed E-state index contributed by atoms with van der Waals surface area (Å²) in [6.07, 6.45) is 3.18. The number of H-pyrrole nitrogens is 1. The number of benzene rings is 1. The van der Waals surface area contributed by atoms with Crippen LogP contribution in [0.4, 0.5) is 0 Å². The molecular weight excluding hydrogens is 178 g/mol. The molecule has 1 aromatic heterocycles. The van der Waals surface area contributed by atoms with Gasteiger partial charge in [-0.25, -0.2) is 4.79 Å². The predicted octanol–water partition coefficient (Wildman–Crippen LogP) is 2.38. The number of nitrogens with one attached hydrogen (secondary N) is 1. The normalized spacial score (nSPS) is 10.0. The number of carboxylic acid groups (broad SMARTS) is 1. The molecule has 0 saturated heterocycles. The van der Waals surface area contributed by atoms with Crippen LogP contribution in [-0.4, -0.2) is 16.1 Å². The summed E-state index contributed by atoms with van der Waals surface area (Å²) in [4.78, 5) is 13.6. The largest absolute Gasteiger partial charge is 0.478 e. The van der Waals surface area contributed by atoms with Crippen LogP contribution in [0.2, 0.25) is 0 Å². The first kappa shape index (κ1) is 8.56. The quantitative estimate of drug-likeness (QED) is 0.758. The summed E-state index contributed by atoms with van der Waals surface area (Å²) in [5.41, 5.74) is 1.93. The fourth-order valence-electron chi connectivity index (χ4n) is 1.40. The van der Waals surface area contributed by atoms with Gasteiger partial charge in [-0.2, -0.15) is 0 Å². The maximum absolute atomic E-state index is 10.8. The van der Waals surface area contributed by atoms with Crippen LogP contribution in [0.1, 0.15) is 10.4 Å². The third kappa shape index (κ3) is 1.40. The van der Waals surface area contributed by atoms with Crippen molar-refractivity contribution in [3.8, 4) is 11.1 Å². The van der Waals surface area contributed by atoms with Crippen LogP contribution in [-0.2, 0) is 0 Å². The van der Waals surface area contributed by atoms with Gasteiger partial charge in [0.25, 0.3) is 0 Å². The first-order chi connectivity index (χ1) is 6.79. The molecule has 0 saturated carbocycles. The lowest BCUT2D eigenvalue weighted by Gasteiger charge is -1.98. The number of hydrogen-bond donors (Lipinski definition) is 2. The van der Waals surface area contributed by atoms with Gasteiger partial charge in [-0.15, -0.1) is 0 Å². The van der Waals surface area contributed by atoms with Gasteiger partial charge in [0.15, 0.2) is 0 Å². The van der Waals surface area contributed by atoms with Crippen molar-refractivity contribution in [1.29, 1.82) is 0 Å². The van der Waals surface area contributed by atoms with E-state index in [0.717, 1.165) is 11.1 Å². The minimum absolute atomic E-state index is 0.302. The van der Waals surface area contributed by atoms with Gasteiger partial charge in [0.05, 0.1) is 5.56 Å². The minimum Gasteiger partial charge on any atom is -0.478 e. The van der Waals surface area contributed by atoms with Crippen LogP contribution >= 0.6 is 0 Å². The van der Waals surface area contributed by atoms with E-state index in [9.17, 15) is 4.79 Å². The Bertz CT molecular complexity index is 445. The SMILES string of the molecule is O=C(O)c1c[nH]cc1-c1ccccc1. The molecule has 1 aromatic carbocycles. The van der Waals surface area contributed by atoms with E-state index >= 15 is 0 Å². The summed E-state index contributed by atoms with van der Waals surface area (Å²) in [5.74, 6) is -0.912. The Labute approximate surface area is 81.0 Å². The van der Waals surface area contributed by atoms with Gasteiger partial charge >= 0.3 is 5.97 Å². The zero-order chi connectivity index (χ0) is 9.97. The van der Waals surface area contributed by atoms with Gasteiger partial charge in [0, 0.05) is 18.0 Å². The van der Waals surface area contributed by atoms with Crippen molar-refractivity contribution in [2.45, 2.75) is 0 Å². The standard InChI is InChI=1S/C11H9NO2/c13-11(14)10-7-12-6-9(10)8-4-2-1-3-5-8/h1-7,12H,(H,13,14). The maximum atomic E-state index is 10.8. The number of carbonyl (C=O) groups is 1. The highest BCUT2D eigenvalue weighted by Gasteiger charge is 2.11. The summed E-state index contributed by atoms with van der Waals surface area (Å²) in [6.45, 7) is 0. The Kier molecular flexibility index (Phi) is 2.07. The number of carboxylic acids is 1. The number of aromatic carboxylic acids is 1. The number of hydrogen-bond acceptors (Lipinski definition) is 1. The first-order valence-electron chi connectivity index (χ1n) is 4.24. The topological polar surface area (TPSA) is 53.1 Å². The number of aromatic amines is 1. The molecule has 0 fully saturated rings. The van der Waals surface area contributed by atoms with Gasteiger partial charge in [-0.05, 0) is 5.56 Å². The smallest absolute Gasteiger partial charge is 0.337 e. The minimum atomic E-state index is -0.912. The summed E-state index contributed by atoms with van der Waals surface area (Å²) in [5, 5.41) is 8.90. The van der Waals surface area contributed by atoms with Crippen LogP contribution in [0, 0.1) is 0 Å². The molecule has 0 atom stereocenters. The summed E-state index contributed by atoms with van der Waals surface area (Å²) in [7, 11) is 0. The molecular formula is C11H9NO2. The second-order valence-electron chi connectivity index (χ2n) is 2.95. The molecule has 1 heterocycles. The molecule has 3 heteroatoms. The van der Waals surface area contributed by atoms with Crippen molar-refractivity contribution < 1.29 is 9.90 Å². The maximum Gasteiger partial charge on any atom is 0.337 e. The van der Waals surface area contributed by atoms with E-state index in [1.54, 1.807) is 6.20 Å². The molecule has 70 valence electrons. The molecule has 0 bridgehead atoms. The molecule has 0 aliphatic carbocycles. The molecule has 0 spiro atoms. The van der Waals surface area contributed by atoms with Crippen molar-refractivity contribution in [3.05, 3.63) is 48.3 Å². The predicted molar refractivity (Wildman–Crippen MR) is 53.2 cm³/mol. The monoisotopic (exact) mass is 187 g/mol. The van der Waals surface area contributed by atoms with Crippen LogP contribution in [0.5, 0.6) is 0 Å². The van der Waals surface area contributed by atoms with Crippen molar-refractivity contribution >= 4 is 5.97 Å². The Morgan fingerprint density at radius 3 is 2.50 bits per heavy atom. The number of rotatable bonds is 2. The highest BCUT2D eigenvalue weighted by Crippen LogP contribution is 2.22. The fourth-order valence-corrected chi connectivity index (χ4v) is 1.40. The second kappa shape index (κ2) is 3.38. The lowest BCUT2D eigenvalue weighted by atomic mass is 10.1. The van der Waals surface area contributed by atoms with Crippen LogP contribution in [0.25, 0.3) is 11.1 Å². The van der Waals surface area contributed by atoms with E-state index in [1.165, 1.54) is 6.20 Å². The lowest BCUT2D eigenvalue weighted by molar-refractivity contribution is 0.0698. The van der Waals surface area contributed by atoms with Crippen molar-refractivity contribution in [1.82, 2.24) is 4.98 Å². The fraction of sp³-hybridized carbons (Fsp3) is 0. The zero-order valence-electron chi connectivity index (χ0n) is 7.40. The molecule has 14 heavy (non-hydrogen) atoms. The second-order valence-corrected chi connectivity index (χ2v) is 2.95. The Morgan fingerprint density at radius 2 is 1.86 bits per heavy atom. The molecule has 2 N–H and O–H groups in total. The van der Waals surface area contributed by atoms with Crippen molar-refractivity contribution in [2.75, 3.05) is 0 Å². The third-order valence-corrected chi connectivity index (χ3v) is 2.06. The molecule has 0 aliphatic rings. The van der Waals surface area contributed by atoms with Crippen LogP contribution < -0.4 is 0 Å². The zero-order valence-corrected chi connectivity index (χ0v) is 7.40. The van der Waals surface area contributed by atoms with Gasteiger partial charge in [-0.1, -0.05) is 30.3 Å². The van der Waals surface area contributed by atoms with Gasteiger partial charge < -0.3 is 10.1 Å². The average molecular weight is 187 g/mol. The third-order valence-electron chi connectivity index (χ3n) is 2.06. The molecule has 0 amide bonds. The van der Waals surface area contributed by atoms with E-state index in [0.29, 0.717) is 5.56 Å². The Balaban J connectivity index is 2.52. The van der Waals surface area contributed by atoms with Crippen LogP contribution in [0.3, 0.4) is 0 Å². The highest BCUT2D eigenvalue weighted by molar-refractivity contribution is 5.95. The molecule has 2 aromatic rings. The molecule has 0 radical (unpaired) electrons. The molecule has 3 nitrogen and oxygen atoms in total. The Morgan fingerprint density at radius 1 is 1.14 bits per heavy atom. The summed E-state index contributed by atoms with van der Waals surface area (Å²) >= 11 is 0. The highest BCUT2D eigenvalue weighted by atomic mass is 16.4. The average Bonchev–Trinajstić information content (AvgIpc) is 2.67. The van der Waals surface area contributed by atoms with Crippen molar-refractivity contribution in [3.63, 3.8) is 0 Å². The van der Waals surface area contributed by atoms with Gasteiger partial charge in [0.1, 0.15) is 0 Å².